The Balaban J connectivity index is 2.40. The van der Waals surface area contributed by atoms with E-state index in [0.717, 1.165) is 22.0 Å². The molecule has 0 amide bonds. The SMILES string of the molecule is COC(=O)[C@H]1C[C@H](N(C)S(C)(=O)=O)CN1S(=O)(=O)c1ccc(OC)cc1. The van der Waals surface area contributed by atoms with E-state index in [4.69, 9.17) is 9.47 Å². The Kier molecular flexibility index (Phi) is 5.95. The van der Waals surface area contributed by atoms with Gasteiger partial charge in [-0.3, -0.25) is 4.79 Å². The van der Waals surface area contributed by atoms with Crippen LogP contribution in [0, 0.1) is 0 Å². The van der Waals surface area contributed by atoms with Crippen LogP contribution in [0.15, 0.2) is 29.2 Å². The Bertz CT molecular complexity index is 866. The van der Waals surface area contributed by atoms with E-state index >= 15 is 0 Å². The average molecular weight is 406 g/mol. The van der Waals surface area contributed by atoms with Crippen molar-refractivity contribution >= 4 is 26.0 Å². The molecule has 1 aromatic carbocycles. The molecule has 0 aliphatic carbocycles. The summed E-state index contributed by atoms with van der Waals surface area (Å²) in [6.45, 7) is -0.141. The second-order valence-corrected chi connectivity index (χ2v) is 9.89. The largest absolute Gasteiger partial charge is 0.497 e. The zero-order valence-corrected chi connectivity index (χ0v) is 16.6. The molecule has 0 aromatic heterocycles. The fourth-order valence-electron chi connectivity index (χ4n) is 2.82. The van der Waals surface area contributed by atoms with E-state index in [1.54, 1.807) is 0 Å². The minimum absolute atomic E-state index is 0.0186. The Hall–Kier alpha value is -1.69. The van der Waals surface area contributed by atoms with Crippen LogP contribution in [-0.2, 0) is 29.6 Å². The van der Waals surface area contributed by atoms with Crippen LogP contribution < -0.4 is 4.74 Å². The number of hydrogen-bond acceptors (Lipinski definition) is 7. The first-order valence-electron chi connectivity index (χ1n) is 7.69. The molecule has 26 heavy (non-hydrogen) atoms. The number of ether oxygens (including phenoxy) is 2. The predicted octanol–water partition coefficient (Wildman–Crippen LogP) is -0.109. The van der Waals surface area contributed by atoms with Crippen molar-refractivity contribution in [2.24, 2.45) is 0 Å². The third-order valence-electron chi connectivity index (χ3n) is 4.41. The molecule has 2 atom stereocenters. The Morgan fingerprint density at radius 1 is 1.15 bits per heavy atom. The van der Waals surface area contributed by atoms with Gasteiger partial charge in [-0.15, -0.1) is 0 Å². The van der Waals surface area contributed by atoms with Crippen LogP contribution in [0.3, 0.4) is 0 Å². The van der Waals surface area contributed by atoms with Crippen molar-refractivity contribution in [3.8, 4) is 5.75 Å². The zero-order chi connectivity index (χ0) is 19.7. The molecule has 1 aliphatic rings. The van der Waals surface area contributed by atoms with Crippen LogP contribution >= 0.6 is 0 Å². The Morgan fingerprint density at radius 2 is 1.73 bits per heavy atom. The van der Waals surface area contributed by atoms with Crippen molar-refractivity contribution in [3.05, 3.63) is 24.3 Å². The van der Waals surface area contributed by atoms with Gasteiger partial charge in [-0.25, -0.2) is 21.1 Å². The maximum Gasteiger partial charge on any atom is 0.324 e. The summed E-state index contributed by atoms with van der Waals surface area (Å²) >= 11 is 0. The number of hydrogen-bond donors (Lipinski definition) is 0. The smallest absolute Gasteiger partial charge is 0.324 e. The number of carbonyl (C=O) groups is 1. The third kappa shape index (κ3) is 4.00. The van der Waals surface area contributed by atoms with Crippen molar-refractivity contribution in [1.29, 1.82) is 0 Å². The number of carbonyl (C=O) groups excluding carboxylic acids is 1. The molecule has 1 fully saturated rings. The molecule has 1 aromatic rings. The molecule has 2 rings (SSSR count). The van der Waals surface area contributed by atoms with Crippen LogP contribution in [0.25, 0.3) is 0 Å². The van der Waals surface area contributed by atoms with Gasteiger partial charge in [0.05, 0.1) is 25.4 Å². The van der Waals surface area contributed by atoms with Gasteiger partial charge in [-0.05, 0) is 30.7 Å². The van der Waals surface area contributed by atoms with Crippen LogP contribution in [-0.4, -0.2) is 77.6 Å². The molecular weight excluding hydrogens is 384 g/mol. The lowest BCUT2D eigenvalue weighted by Gasteiger charge is -2.23. The summed E-state index contributed by atoms with van der Waals surface area (Å²) in [7, 11) is -3.58. The van der Waals surface area contributed by atoms with Crippen molar-refractivity contribution in [3.63, 3.8) is 0 Å². The normalized spacial score (nSPS) is 21.7. The molecule has 0 N–H and O–H groups in total. The third-order valence-corrected chi connectivity index (χ3v) is 7.64. The fourth-order valence-corrected chi connectivity index (χ4v) is 5.14. The van der Waals surface area contributed by atoms with E-state index in [1.165, 1.54) is 38.4 Å². The van der Waals surface area contributed by atoms with Crippen LogP contribution in [0.2, 0.25) is 0 Å². The minimum Gasteiger partial charge on any atom is -0.497 e. The van der Waals surface area contributed by atoms with Gasteiger partial charge >= 0.3 is 5.97 Å². The molecule has 146 valence electrons. The molecule has 11 heteroatoms. The first kappa shape index (κ1) is 20.6. The summed E-state index contributed by atoms with van der Waals surface area (Å²) in [4.78, 5) is 12.1. The summed E-state index contributed by atoms with van der Waals surface area (Å²) < 4.78 is 61.4. The van der Waals surface area contributed by atoms with E-state index < -0.39 is 38.1 Å². The quantitative estimate of drug-likeness (QED) is 0.606. The second kappa shape index (κ2) is 7.51. The lowest BCUT2D eigenvalue weighted by molar-refractivity contribution is -0.144. The standard InChI is InChI=1S/C15H22N2O7S2/c1-16(25(4,19)20)11-9-14(15(18)24-3)17(10-11)26(21,22)13-7-5-12(23-2)6-8-13/h5-8,11,14H,9-10H2,1-4H3/t11-,14+/m0/s1. The Labute approximate surface area is 153 Å². The van der Waals surface area contributed by atoms with Crippen molar-refractivity contribution in [1.82, 2.24) is 8.61 Å². The molecule has 1 saturated heterocycles. The van der Waals surface area contributed by atoms with Crippen LogP contribution in [0.1, 0.15) is 6.42 Å². The highest BCUT2D eigenvalue weighted by atomic mass is 32.2. The lowest BCUT2D eigenvalue weighted by atomic mass is 10.2. The molecule has 0 bridgehead atoms. The first-order chi connectivity index (χ1) is 12.0. The summed E-state index contributed by atoms with van der Waals surface area (Å²) in [6.07, 6.45) is 1.05. The molecule has 1 aliphatic heterocycles. The van der Waals surface area contributed by atoms with Gasteiger partial charge in [0, 0.05) is 19.6 Å². The summed E-state index contributed by atoms with van der Waals surface area (Å²) in [6, 6.07) is 3.97. The number of sulfonamides is 2. The van der Waals surface area contributed by atoms with Crippen molar-refractivity contribution in [2.45, 2.75) is 23.4 Å². The topological polar surface area (TPSA) is 110 Å². The van der Waals surface area contributed by atoms with Crippen molar-refractivity contribution in [2.75, 3.05) is 34.1 Å². The first-order valence-corrected chi connectivity index (χ1v) is 11.0. The fraction of sp³-hybridized carbons (Fsp3) is 0.533. The number of nitrogens with zero attached hydrogens (tertiary/aromatic N) is 2. The average Bonchev–Trinajstić information content (AvgIpc) is 3.05. The number of benzene rings is 1. The number of methoxy groups -OCH3 is 2. The molecular formula is C15H22N2O7S2. The van der Waals surface area contributed by atoms with Gasteiger partial charge in [0.1, 0.15) is 11.8 Å². The van der Waals surface area contributed by atoms with Gasteiger partial charge < -0.3 is 9.47 Å². The highest BCUT2D eigenvalue weighted by molar-refractivity contribution is 7.89. The van der Waals surface area contributed by atoms with E-state index in [2.05, 4.69) is 0 Å². The lowest BCUT2D eigenvalue weighted by Crippen LogP contribution is -2.42. The summed E-state index contributed by atoms with van der Waals surface area (Å²) in [5.41, 5.74) is 0. The molecule has 0 unspecified atom stereocenters. The molecule has 0 saturated carbocycles. The van der Waals surface area contributed by atoms with Gasteiger partial charge in [0.15, 0.2) is 0 Å². The monoisotopic (exact) mass is 406 g/mol. The van der Waals surface area contributed by atoms with Gasteiger partial charge in [0.25, 0.3) is 0 Å². The highest BCUT2D eigenvalue weighted by Gasteiger charge is 2.47. The maximum absolute atomic E-state index is 13.0. The molecule has 0 radical (unpaired) electrons. The van der Waals surface area contributed by atoms with Crippen LogP contribution in [0.4, 0.5) is 0 Å². The van der Waals surface area contributed by atoms with E-state index in [9.17, 15) is 21.6 Å². The molecule has 1 heterocycles. The van der Waals surface area contributed by atoms with E-state index in [0.29, 0.717) is 5.75 Å². The predicted molar refractivity (Wildman–Crippen MR) is 93.7 cm³/mol. The number of rotatable bonds is 6. The zero-order valence-electron chi connectivity index (χ0n) is 14.9. The van der Waals surface area contributed by atoms with Gasteiger partial charge in [-0.2, -0.15) is 4.31 Å². The summed E-state index contributed by atoms with van der Waals surface area (Å²) in [5.74, 6) is -0.240. The van der Waals surface area contributed by atoms with E-state index in [1.807, 2.05) is 0 Å². The highest BCUT2D eigenvalue weighted by Crippen LogP contribution is 2.30. The van der Waals surface area contributed by atoms with E-state index in [-0.39, 0.29) is 17.9 Å². The molecule has 0 spiro atoms. The van der Waals surface area contributed by atoms with Gasteiger partial charge in [-0.1, -0.05) is 0 Å². The van der Waals surface area contributed by atoms with Crippen molar-refractivity contribution < 1.29 is 31.1 Å². The summed E-state index contributed by atoms with van der Waals surface area (Å²) in [5, 5.41) is 0. The van der Waals surface area contributed by atoms with Crippen LogP contribution in [0.5, 0.6) is 5.75 Å². The number of likely N-dealkylation sites (N-methyl/N-ethyl adjacent to an activating group) is 1. The Morgan fingerprint density at radius 3 is 2.19 bits per heavy atom. The second-order valence-electron chi connectivity index (χ2n) is 5.96. The molecule has 9 nitrogen and oxygen atoms in total. The maximum atomic E-state index is 13.0. The number of esters is 1. The minimum atomic E-state index is -4.02. The van der Waals surface area contributed by atoms with Gasteiger partial charge in [0.2, 0.25) is 20.0 Å².